The molecule has 0 aromatic carbocycles. The van der Waals surface area contributed by atoms with Gasteiger partial charge in [-0.1, -0.05) is 26.7 Å². The third kappa shape index (κ3) is 6.03. The van der Waals surface area contributed by atoms with Crippen LogP contribution in [0.2, 0.25) is 0 Å². The third-order valence-corrected chi connectivity index (χ3v) is 3.51. The molecule has 0 spiro atoms. The number of nitrogens with one attached hydrogen (secondary N) is 2. The van der Waals surface area contributed by atoms with E-state index in [-0.39, 0.29) is 5.91 Å². The van der Waals surface area contributed by atoms with E-state index >= 15 is 0 Å². The largest absolute Gasteiger partial charge is 0.352 e. The highest BCUT2D eigenvalue weighted by atomic mass is 16.1. The van der Waals surface area contributed by atoms with E-state index < -0.39 is 0 Å². The van der Waals surface area contributed by atoms with Crippen LogP contribution in [0.4, 0.5) is 0 Å². The molecule has 0 radical (unpaired) electrons. The topological polar surface area (TPSA) is 44.4 Å². The van der Waals surface area contributed by atoms with Gasteiger partial charge in [-0.2, -0.15) is 0 Å². The Morgan fingerprint density at radius 3 is 2.47 bits per heavy atom. The summed E-state index contributed by atoms with van der Waals surface area (Å²) in [5.74, 6) is 0.149. The average Bonchev–Trinajstić information content (AvgIpc) is 2.82. The third-order valence-electron chi connectivity index (χ3n) is 3.51. The lowest BCUT2D eigenvalue weighted by Crippen LogP contribution is -2.41. The maximum absolute atomic E-state index is 11.6. The van der Waals surface area contributed by atoms with Crippen LogP contribution in [-0.2, 0) is 4.79 Å². The van der Waals surface area contributed by atoms with Crippen LogP contribution in [0.5, 0.6) is 0 Å². The molecule has 1 amide bonds. The molecule has 1 aliphatic carbocycles. The first kappa shape index (κ1) is 14.5. The van der Waals surface area contributed by atoms with Gasteiger partial charge in [0.2, 0.25) is 5.91 Å². The molecule has 0 aromatic rings. The second-order valence-electron chi connectivity index (χ2n) is 4.75. The maximum Gasteiger partial charge on any atom is 0.234 e. The smallest absolute Gasteiger partial charge is 0.234 e. The summed E-state index contributed by atoms with van der Waals surface area (Å²) in [5, 5.41) is 6.28. The number of carbonyl (C=O) groups excluding carboxylic acids is 1. The van der Waals surface area contributed by atoms with Crippen molar-refractivity contribution in [1.82, 2.24) is 15.5 Å². The first-order chi connectivity index (χ1) is 8.26. The maximum atomic E-state index is 11.6. The summed E-state index contributed by atoms with van der Waals surface area (Å²) in [6, 6.07) is 0.437. The summed E-state index contributed by atoms with van der Waals surface area (Å²) >= 11 is 0. The fraction of sp³-hybridized carbons (Fsp3) is 0.923. The molecule has 0 heterocycles. The van der Waals surface area contributed by atoms with Crippen molar-refractivity contribution in [1.29, 1.82) is 0 Å². The lowest BCUT2D eigenvalue weighted by atomic mass is 10.2. The number of nitrogens with zero attached hydrogens (tertiary/aromatic N) is 1. The Labute approximate surface area is 105 Å². The molecular formula is C13H27N3O. The summed E-state index contributed by atoms with van der Waals surface area (Å²) in [6.45, 7) is 8.84. The zero-order valence-electron chi connectivity index (χ0n) is 11.3. The first-order valence-corrected chi connectivity index (χ1v) is 6.98. The van der Waals surface area contributed by atoms with Gasteiger partial charge < -0.3 is 15.5 Å². The molecule has 17 heavy (non-hydrogen) atoms. The van der Waals surface area contributed by atoms with Crippen molar-refractivity contribution in [3.8, 4) is 0 Å². The molecule has 0 aromatic heterocycles. The molecule has 0 saturated heterocycles. The fourth-order valence-corrected chi connectivity index (χ4v) is 2.33. The summed E-state index contributed by atoms with van der Waals surface area (Å²) in [5.41, 5.74) is 0. The molecule has 2 N–H and O–H groups in total. The zero-order chi connectivity index (χ0) is 12.5. The highest BCUT2D eigenvalue weighted by Crippen LogP contribution is 2.17. The Morgan fingerprint density at radius 1 is 1.24 bits per heavy atom. The van der Waals surface area contributed by atoms with E-state index in [0.717, 1.165) is 39.0 Å². The van der Waals surface area contributed by atoms with Gasteiger partial charge in [-0.3, -0.25) is 4.79 Å². The Balaban J connectivity index is 1.99. The molecule has 1 rings (SSSR count). The molecule has 1 saturated carbocycles. The van der Waals surface area contributed by atoms with Crippen LogP contribution < -0.4 is 10.6 Å². The van der Waals surface area contributed by atoms with Crippen LogP contribution in [0.25, 0.3) is 0 Å². The van der Waals surface area contributed by atoms with Gasteiger partial charge in [0, 0.05) is 19.1 Å². The van der Waals surface area contributed by atoms with Crippen molar-refractivity contribution in [2.24, 2.45) is 0 Å². The van der Waals surface area contributed by atoms with Crippen molar-refractivity contribution < 1.29 is 4.79 Å². The summed E-state index contributed by atoms with van der Waals surface area (Å²) in [4.78, 5) is 13.9. The second-order valence-corrected chi connectivity index (χ2v) is 4.75. The predicted octanol–water partition coefficient (Wildman–Crippen LogP) is 0.977. The average molecular weight is 241 g/mol. The normalized spacial score (nSPS) is 16.6. The van der Waals surface area contributed by atoms with Crippen LogP contribution in [-0.4, -0.2) is 49.6 Å². The van der Waals surface area contributed by atoms with E-state index in [1.165, 1.54) is 12.8 Å². The van der Waals surface area contributed by atoms with Crippen LogP contribution in [0.3, 0.4) is 0 Å². The molecule has 1 aliphatic rings. The number of rotatable bonds is 8. The van der Waals surface area contributed by atoms with Crippen molar-refractivity contribution in [2.75, 3.05) is 32.7 Å². The summed E-state index contributed by atoms with van der Waals surface area (Å²) in [7, 11) is 0. The number of hydrogen-bond acceptors (Lipinski definition) is 3. The van der Waals surface area contributed by atoms with E-state index in [2.05, 4.69) is 29.4 Å². The van der Waals surface area contributed by atoms with Gasteiger partial charge in [-0.15, -0.1) is 0 Å². The Bertz CT molecular complexity index is 211. The summed E-state index contributed by atoms with van der Waals surface area (Å²) in [6.07, 6.45) is 4.84. The van der Waals surface area contributed by atoms with Gasteiger partial charge in [-0.25, -0.2) is 0 Å². The minimum atomic E-state index is 0.149. The van der Waals surface area contributed by atoms with E-state index in [9.17, 15) is 4.79 Å². The highest BCUT2D eigenvalue weighted by Gasteiger charge is 2.16. The Morgan fingerprint density at radius 2 is 1.88 bits per heavy atom. The molecular weight excluding hydrogens is 214 g/mol. The molecule has 1 fully saturated rings. The summed E-state index contributed by atoms with van der Waals surface area (Å²) < 4.78 is 0. The molecule has 100 valence electrons. The van der Waals surface area contributed by atoms with E-state index in [0.29, 0.717) is 12.6 Å². The van der Waals surface area contributed by atoms with Crippen LogP contribution >= 0.6 is 0 Å². The Kier molecular flexibility index (Phi) is 7.21. The monoisotopic (exact) mass is 241 g/mol. The van der Waals surface area contributed by atoms with E-state index in [1.807, 2.05) is 0 Å². The standard InChI is InChI=1S/C13H27N3O/c1-3-16(4-2)10-9-14-11-13(17)15-12-7-5-6-8-12/h12,14H,3-11H2,1-2H3,(H,15,17). The van der Waals surface area contributed by atoms with E-state index in [1.54, 1.807) is 0 Å². The first-order valence-electron chi connectivity index (χ1n) is 6.98. The van der Waals surface area contributed by atoms with Gasteiger partial charge in [0.1, 0.15) is 0 Å². The zero-order valence-corrected chi connectivity index (χ0v) is 11.3. The van der Waals surface area contributed by atoms with Gasteiger partial charge in [-0.05, 0) is 25.9 Å². The predicted molar refractivity (Wildman–Crippen MR) is 71.1 cm³/mol. The van der Waals surface area contributed by atoms with Gasteiger partial charge in [0.05, 0.1) is 6.54 Å². The van der Waals surface area contributed by atoms with Gasteiger partial charge >= 0.3 is 0 Å². The fourth-order valence-electron chi connectivity index (χ4n) is 2.33. The Hall–Kier alpha value is -0.610. The van der Waals surface area contributed by atoms with Gasteiger partial charge in [0.15, 0.2) is 0 Å². The minimum Gasteiger partial charge on any atom is -0.352 e. The molecule has 0 atom stereocenters. The van der Waals surface area contributed by atoms with Crippen molar-refractivity contribution in [3.63, 3.8) is 0 Å². The lowest BCUT2D eigenvalue weighted by Gasteiger charge is -2.18. The highest BCUT2D eigenvalue weighted by molar-refractivity contribution is 5.78. The molecule has 4 nitrogen and oxygen atoms in total. The van der Waals surface area contributed by atoms with Crippen molar-refractivity contribution in [2.45, 2.75) is 45.6 Å². The lowest BCUT2D eigenvalue weighted by molar-refractivity contribution is -0.120. The quantitative estimate of drug-likeness (QED) is 0.623. The molecule has 0 aliphatic heterocycles. The SMILES string of the molecule is CCN(CC)CCNCC(=O)NC1CCCC1. The molecule has 0 unspecified atom stereocenters. The van der Waals surface area contributed by atoms with Crippen molar-refractivity contribution in [3.05, 3.63) is 0 Å². The number of carbonyl (C=O) groups is 1. The molecule has 4 heteroatoms. The van der Waals surface area contributed by atoms with E-state index in [4.69, 9.17) is 0 Å². The number of likely N-dealkylation sites (N-methyl/N-ethyl adjacent to an activating group) is 1. The minimum absolute atomic E-state index is 0.149. The van der Waals surface area contributed by atoms with Crippen LogP contribution in [0.1, 0.15) is 39.5 Å². The number of hydrogen-bond donors (Lipinski definition) is 2. The van der Waals surface area contributed by atoms with Crippen LogP contribution in [0, 0.1) is 0 Å². The van der Waals surface area contributed by atoms with Gasteiger partial charge in [0.25, 0.3) is 0 Å². The molecule has 0 bridgehead atoms. The second kappa shape index (κ2) is 8.48. The van der Waals surface area contributed by atoms with Crippen molar-refractivity contribution >= 4 is 5.91 Å². The number of amides is 1. The van der Waals surface area contributed by atoms with Crippen LogP contribution in [0.15, 0.2) is 0 Å².